The van der Waals surface area contributed by atoms with Crippen LogP contribution in [0.2, 0.25) is 0 Å². The Bertz CT molecular complexity index is 1010. The van der Waals surface area contributed by atoms with Crippen LogP contribution in [0.5, 0.6) is 0 Å². The van der Waals surface area contributed by atoms with Crippen LogP contribution in [0, 0.1) is 5.92 Å². The first-order chi connectivity index (χ1) is 15.3. The average Bonchev–Trinajstić information content (AvgIpc) is 3.29. The Labute approximate surface area is 184 Å². The van der Waals surface area contributed by atoms with Gasteiger partial charge in [0, 0.05) is 43.9 Å². The molecule has 1 unspecified atom stereocenters. The molecule has 0 radical (unpaired) electrons. The highest BCUT2D eigenvalue weighted by Crippen LogP contribution is 2.33. The standard InChI is InChI=1S/C23H25F3N4O2/c1-16-7-8-18(15-19(16)20-27-22(32-28-20)23(24,25)26)21(31)30-13-11-29(12-14-30)10-9-17-5-3-2-4-6-17/h2-6,8,15-16H,7,9-14H2,1H3. The fourth-order valence-corrected chi connectivity index (χ4v) is 3.98. The quantitative estimate of drug-likeness (QED) is 0.699. The number of benzene rings is 1. The van der Waals surface area contributed by atoms with Crippen molar-refractivity contribution in [3.8, 4) is 0 Å². The summed E-state index contributed by atoms with van der Waals surface area (Å²) in [6, 6.07) is 10.3. The average molecular weight is 446 g/mol. The molecule has 0 saturated carbocycles. The molecule has 1 aliphatic heterocycles. The van der Waals surface area contributed by atoms with Crippen molar-refractivity contribution >= 4 is 11.5 Å². The zero-order valence-electron chi connectivity index (χ0n) is 17.8. The molecule has 1 atom stereocenters. The van der Waals surface area contributed by atoms with Crippen LogP contribution in [0.4, 0.5) is 13.2 Å². The predicted octanol–water partition coefficient (Wildman–Crippen LogP) is 3.82. The van der Waals surface area contributed by atoms with Gasteiger partial charge in [0.15, 0.2) is 5.82 Å². The number of nitrogens with zero attached hydrogens (tertiary/aromatic N) is 4. The predicted molar refractivity (Wildman–Crippen MR) is 112 cm³/mol. The van der Waals surface area contributed by atoms with Crippen molar-refractivity contribution in [2.24, 2.45) is 5.92 Å². The third kappa shape index (κ3) is 5.09. The lowest BCUT2D eigenvalue weighted by Gasteiger charge is -2.35. The van der Waals surface area contributed by atoms with Gasteiger partial charge in [-0.2, -0.15) is 18.2 Å². The van der Waals surface area contributed by atoms with E-state index in [1.807, 2.05) is 31.2 Å². The van der Waals surface area contributed by atoms with Gasteiger partial charge in [-0.15, -0.1) is 0 Å². The van der Waals surface area contributed by atoms with Gasteiger partial charge in [-0.05, 0) is 30.4 Å². The summed E-state index contributed by atoms with van der Waals surface area (Å²) < 4.78 is 42.8. The van der Waals surface area contributed by atoms with E-state index in [4.69, 9.17) is 0 Å². The van der Waals surface area contributed by atoms with Crippen molar-refractivity contribution in [2.75, 3.05) is 32.7 Å². The van der Waals surface area contributed by atoms with E-state index >= 15 is 0 Å². The number of halogens is 3. The van der Waals surface area contributed by atoms with Crippen LogP contribution < -0.4 is 0 Å². The molecule has 0 bridgehead atoms. The number of alkyl halides is 3. The molecule has 0 spiro atoms. The Morgan fingerprint density at radius 3 is 2.53 bits per heavy atom. The summed E-state index contributed by atoms with van der Waals surface area (Å²) in [6.07, 6.45) is 0.235. The van der Waals surface area contributed by atoms with Gasteiger partial charge >= 0.3 is 12.1 Å². The highest BCUT2D eigenvalue weighted by Gasteiger charge is 2.39. The van der Waals surface area contributed by atoms with Crippen molar-refractivity contribution < 1.29 is 22.5 Å². The van der Waals surface area contributed by atoms with Crippen molar-refractivity contribution in [3.63, 3.8) is 0 Å². The van der Waals surface area contributed by atoms with Gasteiger partial charge in [0.1, 0.15) is 0 Å². The smallest absolute Gasteiger partial charge is 0.336 e. The minimum atomic E-state index is -4.70. The van der Waals surface area contributed by atoms with E-state index in [0.29, 0.717) is 30.7 Å². The van der Waals surface area contributed by atoms with Crippen LogP contribution in [-0.4, -0.2) is 58.6 Å². The van der Waals surface area contributed by atoms with Crippen molar-refractivity contribution in [1.29, 1.82) is 0 Å². The first kappa shape index (κ1) is 22.3. The number of rotatable bonds is 5. The van der Waals surface area contributed by atoms with Crippen molar-refractivity contribution in [3.05, 3.63) is 65.3 Å². The summed E-state index contributed by atoms with van der Waals surface area (Å²) in [5.41, 5.74) is 2.24. The minimum absolute atomic E-state index is 0.111. The Morgan fingerprint density at radius 1 is 1.16 bits per heavy atom. The van der Waals surface area contributed by atoms with E-state index in [2.05, 4.69) is 31.7 Å². The van der Waals surface area contributed by atoms with Crippen LogP contribution in [0.1, 0.15) is 30.6 Å². The topological polar surface area (TPSA) is 62.5 Å². The maximum absolute atomic E-state index is 13.0. The molecule has 32 heavy (non-hydrogen) atoms. The second-order valence-electron chi connectivity index (χ2n) is 8.19. The summed E-state index contributed by atoms with van der Waals surface area (Å²) >= 11 is 0. The molecule has 6 nitrogen and oxygen atoms in total. The fraction of sp³-hybridized carbons (Fsp3) is 0.435. The van der Waals surface area contributed by atoms with E-state index in [1.54, 1.807) is 11.0 Å². The Hall–Kier alpha value is -2.94. The van der Waals surface area contributed by atoms with E-state index in [1.165, 1.54) is 5.56 Å². The van der Waals surface area contributed by atoms with Gasteiger partial charge in [-0.1, -0.05) is 48.5 Å². The zero-order valence-corrected chi connectivity index (χ0v) is 17.8. The van der Waals surface area contributed by atoms with Crippen LogP contribution >= 0.6 is 0 Å². The van der Waals surface area contributed by atoms with Gasteiger partial charge in [0.25, 0.3) is 5.91 Å². The van der Waals surface area contributed by atoms with Crippen LogP contribution in [0.15, 0.2) is 52.6 Å². The molecule has 2 aromatic rings. The van der Waals surface area contributed by atoms with E-state index in [0.717, 1.165) is 26.1 Å². The Morgan fingerprint density at radius 2 is 1.88 bits per heavy atom. The second kappa shape index (κ2) is 9.28. The summed E-state index contributed by atoms with van der Waals surface area (Å²) in [5, 5.41) is 3.49. The van der Waals surface area contributed by atoms with Gasteiger partial charge in [-0.3, -0.25) is 9.69 Å². The van der Waals surface area contributed by atoms with Gasteiger partial charge in [0.2, 0.25) is 0 Å². The number of allylic oxidation sites excluding steroid dienone is 2. The van der Waals surface area contributed by atoms with Crippen LogP contribution in [0.25, 0.3) is 5.57 Å². The highest BCUT2D eigenvalue weighted by atomic mass is 19.4. The molecule has 2 heterocycles. The number of hydrogen-bond donors (Lipinski definition) is 0. The minimum Gasteiger partial charge on any atom is -0.336 e. The number of amides is 1. The molecule has 1 aromatic carbocycles. The molecule has 1 aliphatic carbocycles. The number of carbonyl (C=O) groups excluding carboxylic acids is 1. The molecule has 1 saturated heterocycles. The maximum atomic E-state index is 13.0. The summed E-state index contributed by atoms with van der Waals surface area (Å²) in [4.78, 5) is 20.7. The lowest BCUT2D eigenvalue weighted by atomic mass is 9.89. The Balaban J connectivity index is 1.36. The highest BCUT2D eigenvalue weighted by molar-refractivity contribution is 5.98. The lowest BCUT2D eigenvalue weighted by Crippen LogP contribution is -2.49. The fourth-order valence-electron chi connectivity index (χ4n) is 3.98. The first-order valence-corrected chi connectivity index (χ1v) is 10.7. The third-order valence-electron chi connectivity index (χ3n) is 5.93. The largest absolute Gasteiger partial charge is 0.471 e. The molecular weight excluding hydrogens is 421 g/mol. The normalized spacial score (nSPS) is 20.1. The summed E-state index contributed by atoms with van der Waals surface area (Å²) in [5.74, 6) is -1.72. The van der Waals surface area contributed by atoms with Crippen LogP contribution in [-0.2, 0) is 17.4 Å². The lowest BCUT2D eigenvalue weighted by molar-refractivity contribution is -0.159. The molecule has 1 fully saturated rings. The van der Waals surface area contributed by atoms with E-state index in [9.17, 15) is 18.0 Å². The third-order valence-corrected chi connectivity index (χ3v) is 5.93. The molecule has 170 valence electrons. The number of aromatic nitrogens is 2. The number of carbonyl (C=O) groups is 1. The maximum Gasteiger partial charge on any atom is 0.471 e. The summed E-state index contributed by atoms with van der Waals surface area (Å²) in [7, 11) is 0. The zero-order chi connectivity index (χ0) is 22.7. The van der Waals surface area contributed by atoms with Gasteiger partial charge in [0.05, 0.1) is 0 Å². The molecule has 2 aliphatic rings. The molecule has 0 N–H and O–H groups in total. The molecule has 4 rings (SSSR count). The van der Waals surface area contributed by atoms with E-state index < -0.39 is 12.1 Å². The Kier molecular flexibility index (Phi) is 6.45. The molecule has 1 aromatic heterocycles. The van der Waals surface area contributed by atoms with Crippen LogP contribution in [0.3, 0.4) is 0 Å². The number of hydrogen-bond acceptors (Lipinski definition) is 5. The molecular formula is C23H25F3N4O2. The van der Waals surface area contributed by atoms with Gasteiger partial charge in [-0.25, -0.2) is 0 Å². The van der Waals surface area contributed by atoms with Crippen molar-refractivity contribution in [2.45, 2.75) is 25.9 Å². The number of piperazine rings is 1. The second-order valence-corrected chi connectivity index (χ2v) is 8.19. The monoisotopic (exact) mass is 446 g/mol. The van der Waals surface area contributed by atoms with E-state index in [-0.39, 0.29) is 17.6 Å². The van der Waals surface area contributed by atoms with Gasteiger partial charge < -0.3 is 9.42 Å². The molecule has 9 heteroatoms. The summed E-state index contributed by atoms with van der Waals surface area (Å²) in [6.45, 7) is 5.61. The SMILES string of the molecule is CC1CC=C(C(=O)N2CCN(CCc3ccccc3)CC2)C=C1c1noc(C(F)(F)F)n1. The first-order valence-electron chi connectivity index (χ1n) is 10.7. The van der Waals surface area contributed by atoms with Crippen molar-refractivity contribution in [1.82, 2.24) is 19.9 Å². The molecule has 1 amide bonds.